The minimum absolute atomic E-state index is 0.475. The highest BCUT2D eigenvalue weighted by atomic mass is 35.5. The van der Waals surface area contributed by atoms with E-state index in [4.69, 9.17) is 11.6 Å². The molecular formula is C11H14ClN3S. The Balaban J connectivity index is 2.22. The average molecular weight is 256 g/mol. The zero-order valence-corrected chi connectivity index (χ0v) is 11.0. The molecule has 0 spiro atoms. The molecule has 0 atom stereocenters. The maximum atomic E-state index is 6.01. The minimum Gasteiger partial charge on any atom is -0.296 e. The Bertz CT molecular complexity index is 475. The molecule has 2 aromatic heterocycles. The van der Waals surface area contributed by atoms with Gasteiger partial charge in [0.15, 0.2) is 0 Å². The fourth-order valence-corrected chi connectivity index (χ4v) is 2.73. The van der Waals surface area contributed by atoms with E-state index in [2.05, 4.69) is 36.2 Å². The summed E-state index contributed by atoms with van der Waals surface area (Å²) in [6, 6.07) is 4.32. The summed E-state index contributed by atoms with van der Waals surface area (Å²) >= 11 is 7.83. The van der Waals surface area contributed by atoms with Gasteiger partial charge in [-0.3, -0.25) is 4.57 Å². The van der Waals surface area contributed by atoms with Gasteiger partial charge in [0.2, 0.25) is 5.28 Å². The molecule has 0 saturated heterocycles. The van der Waals surface area contributed by atoms with Gasteiger partial charge in [0.25, 0.3) is 0 Å². The zero-order chi connectivity index (χ0) is 11.5. The summed E-state index contributed by atoms with van der Waals surface area (Å²) in [6.45, 7) is 5.00. The molecule has 3 nitrogen and oxygen atoms in total. The number of rotatable bonds is 4. The van der Waals surface area contributed by atoms with Crippen molar-refractivity contribution in [3.05, 3.63) is 33.0 Å². The van der Waals surface area contributed by atoms with Crippen molar-refractivity contribution in [1.29, 1.82) is 0 Å². The van der Waals surface area contributed by atoms with Gasteiger partial charge in [-0.25, -0.2) is 0 Å². The molecule has 0 aliphatic carbocycles. The first-order valence-corrected chi connectivity index (χ1v) is 6.59. The highest BCUT2D eigenvalue weighted by Crippen LogP contribution is 2.20. The van der Waals surface area contributed by atoms with Gasteiger partial charge in [0.1, 0.15) is 5.82 Å². The Morgan fingerprint density at radius 1 is 1.19 bits per heavy atom. The second kappa shape index (κ2) is 4.97. The highest BCUT2D eigenvalue weighted by molar-refractivity contribution is 7.11. The Labute approximate surface area is 104 Å². The van der Waals surface area contributed by atoms with Crippen molar-refractivity contribution >= 4 is 22.9 Å². The van der Waals surface area contributed by atoms with Gasteiger partial charge in [-0.05, 0) is 30.2 Å². The van der Waals surface area contributed by atoms with E-state index in [1.807, 2.05) is 15.9 Å². The summed E-state index contributed by atoms with van der Waals surface area (Å²) in [5.41, 5.74) is 0. The van der Waals surface area contributed by atoms with E-state index in [9.17, 15) is 0 Å². The third kappa shape index (κ3) is 2.28. The monoisotopic (exact) mass is 255 g/mol. The van der Waals surface area contributed by atoms with Crippen LogP contribution < -0.4 is 0 Å². The van der Waals surface area contributed by atoms with Crippen LogP contribution in [0.15, 0.2) is 12.1 Å². The van der Waals surface area contributed by atoms with Crippen LogP contribution >= 0.6 is 22.9 Å². The normalized spacial score (nSPS) is 10.9. The van der Waals surface area contributed by atoms with Crippen molar-refractivity contribution in [2.45, 2.75) is 33.2 Å². The third-order valence-electron chi connectivity index (χ3n) is 2.48. The Kier molecular flexibility index (Phi) is 3.61. The molecule has 16 heavy (non-hydrogen) atoms. The lowest BCUT2D eigenvalue weighted by Gasteiger charge is -2.03. The Morgan fingerprint density at radius 2 is 1.94 bits per heavy atom. The van der Waals surface area contributed by atoms with E-state index < -0.39 is 0 Å². The summed E-state index contributed by atoms with van der Waals surface area (Å²) in [7, 11) is 0. The van der Waals surface area contributed by atoms with Crippen molar-refractivity contribution in [2.75, 3.05) is 0 Å². The second-order valence-corrected chi connectivity index (χ2v) is 5.14. The fraction of sp³-hybridized carbons (Fsp3) is 0.455. The molecule has 0 fully saturated rings. The first-order valence-electron chi connectivity index (χ1n) is 5.39. The van der Waals surface area contributed by atoms with Crippen LogP contribution in [-0.4, -0.2) is 14.8 Å². The maximum absolute atomic E-state index is 6.01. The van der Waals surface area contributed by atoms with Gasteiger partial charge >= 0.3 is 0 Å². The topological polar surface area (TPSA) is 30.7 Å². The van der Waals surface area contributed by atoms with E-state index in [-0.39, 0.29) is 0 Å². The number of nitrogens with zero attached hydrogens (tertiary/aromatic N) is 3. The van der Waals surface area contributed by atoms with Gasteiger partial charge in [-0.15, -0.1) is 21.5 Å². The lowest BCUT2D eigenvalue weighted by molar-refractivity contribution is 0.741. The number of aryl methyl sites for hydroxylation is 2. The van der Waals surface area contributed by atoms with Gasteiger partial charge in [-0.2, -0.15) is 0 Å². The largest absolute Gasteiger partial charge is 0.296 e. The molecule has 0 saturated carbocycles. The molecule has 86 valence electrons. The first-order chi connectivity index (χ1) is 7.74. The number of thiophene rings is 1. The van der Waals surface area contributed by atoms with Crippen LogP contribution in [0, 0.1) is 0 Å². The van der Waals surface area contributed by atoms with Crippen molar-refractivity contribution in [2.24, 2.45) is 0 Å². The molecule has 2 heterocycles. The van der Waals surface area contributed by atoms with Gasteiger partial charge < -0.3 is 0 Å². The number of aromatic nitrogens is 3. The summed E-state index contributed by atoms with van der Waals surface area (Å²) in [4.78, 5) is 2.70. The highest BCUT2D eigenvalue weighted by Gasteiger charge is 2.09. The van der Waals surface area contributed by atoms with Crippen LogP contribution in [0.4, 0.5) is 0 Å². The Hall–Kier alpha value is -0.870. The molecule has 2 aromatic rings. The fourth-order valence-electron chi connectivity index (χ4n) is 1.58. The predicted molar refractivity (Wildman–Crippen MR) is 67.2 cm³/mol. The predicted octanol–water partition coefficient (Wildman–Crippen LogP) is 3.17. The molecule has 5 heteroatoms. The van der Waals surface area contributed by atoms with Crippen molar-refractivity contribution in [1.82, 2.24) is 14.8 Å². The first kappa shape index (κ1) is 11.6. The van der Waals surface area contributed by atoms with Crippen molar-refractivity contribution < 1.29 is 0 Å². The van der Waals surface area contributed by atoms with Gasteiger partial charge in [0, 0.05) is 16.2 Å². The minimum atomic E-state index is 0.475. The number of halogens is 1. The lowest BCUT2D eigenvalue weighted by atomic mass is 10.3. The van der Waals surface area contributed by atoms with Crippen LogP contribution in [0.1, 0.15) is 29.4 Å². The number of hydrogen-bond acceptors (Lipinski definition) is 3. The lowest BCUT2D eigenvalue weighted by Crippen LogP contribution is -2.03. The molecule has 0 radical (unpaired) electrons. The smallest absolute Gasteiger partial charge is 0.225 e. The molecule has 0 aliphatic heterocycles. The van der Waals surface area contributed by atoms with Crippen LogP contribution in [-0.2, 0) is 19.4 Å². The maximum Gasteiger partial charge on any atom is 0.225 e. The van der Waals surface area contributed by atoms with E-state index in [1.54, 1.807) is 0 Å². The molecule has 0 bridgehead atoms. The van der Waals surface area contributed by atoms with E-state index in [0.717, 1.165) is 25.2 Å². The molecular weight excluding hydrogens is 242 g/mol. The summed E-state index contributed by atoms with van der Waals surface area (Å²) in [6.07, 6.45) is 1.94. The molecule has 0 aromatic carbocycles. The third-order valence-corrected chi connectivity index (χ3v) is 3.97. The molecule has 2 rings (SSSR count). The number of hydrogen-bond donors (Lipinski definition) is 0. The summed E-state index contributed by atoms with van der Waals surface area (Å²) in [5.74, 6) is 0.941. The van der Waals surface area contributed by atoms with Crippen molar-refractivity contribution in [3.8, 4) is 0 Å². The second-order valence-electron chi connectivity index (χ2n) is 3.55. The van der Waals surface area contributed by atoms with E-state index >= 15 is 0 Å². The quantitative estimate of drug-likeness (QED) is 0.840. The van der Waals surface area contributed by atoms with Crippen LogP contribution in [0.3, 0.4) is 0 Å². The molecule has 0 amide bonds. The molecule has 0 aliphatic rings. The van der Waals surface area contributed by atoms with E-state index in [1.165, 1.54) is 9.75 Å². The van der Waals surface area contributed by atoms with Crippen molar-refractivity contribution in [3.63, 3.8) is 0 Å². The SMILES string of the molecule is CCc1ccc(Cn2c(Cl)nnc2CC)s1. The molecule has 0 N–H and O–H groups in total. The Morgan fingerprint density at radius 3 is 2.56 bits per heavy atom. The van der Waals surface area contributed by atoms with Gasteiger partial charge in [0.05, 0.1) is 6.54 Å². The van der Waals surface area contributed by atoms with Crippen LogP contribution in [0.2, 0.25) is 5.28 Å². The van der Waals surface area contributed by atoms with Crippen LogP contribution in [0.5, 0.6) is 0 Å². The summed E-state index contributed by atoms with van der Waals surface area (Å²) in [5, 5.41) is 8.41. The van der Waals surface area contributed by atoms with Crippen LogP contribution in [0.25, 0.3) is 0 Å². The molecule has 0 unspecified atom stereocenters. The average Bonchev–Trinajstić information content (AvgIpc) is 2.88. The zero-order valence-electron chi connectivity index (χ0n) is 9.40. The van der Waals surface area contributed by atoms with E-state index in [0.29, 0.717) is 5.28 Å². The summed E-state index contributed by atoms with van der Waals surface area (Å²) < 4.78 is 1.97. The standard InChI is InChI=1S/C11H14ClN3S/c1-3-8-5-6-9(16-8)7-15-10(4-2)13-14-11(15)12/h5-6H,3-4,7H2,1-2H3. The van der Waals surface area contributed by atoms with Gasteiger partial charge in [-0.1, -0.05) is 13.8 Å².